The number of aromatic nitrogens is 1. The molecule has 2 aliphatic rings. The lowest BCUT2D eigenvalue weighted by atomic mass is 9.83. The van der Waals surface area contributed by atoms with Gasteiger partial charge in [-0.3, -0.25) is 19.3 Å². The van der Waals surface area contributed by atoms with Crippen molar-refractivity contribution in [2.24, 2.45) is 11.7 Å². The average Bonchev–Trinajstić information content (AvgIpc) is 3.06. The smallest absolute Gasteiger partial charge is 0.250 e. The summed E-state index contributed by atoms with van der Waals surface area (Å²) in [6.07, 6.45) is 1.45. The number of methoxy groups -OCH3 is 2. The van der Waals surface area contributed by atoms with E-state index in [4.69, 9.17) is 24.4 Å². The molecular formula is C36H39N3O8. The highest BCUT2D eigenvalue weighted by molar-refractivity contribution is 5.75. The molecule has 1 amide bonds. The first kappa shape index (κ1) is 31.9. The van der Waals surface area contributed by atoms with Crippen molar-refractivity contribution in [2.75, 3.05) is 33.9 Å². The normalized spacial score (nSPS) is 17.8. The molecule has 0 radical (unpaired) electrons. The highest BCUT2D eigenvalue weighted by Crippen LogP contribution is 2.39. The van der Waals surface area contributed by atoms with Crippen molar-refractivity contribution >= 4 is 5.91 Å². The maximum Gasteiger partial charge on any atom is 0.250 e. The molecule has 6 rings (SSSR count). The van der Waals surface area contributed by atoms with E-state index in [-0.39, 0.29) is 29.6 Å². The molecule has 0 saturated carbocycles. The second kappa shape index (κ2) is 13.8. The predicted octanol–water partition coefficient (Wildman–Crippen LogP) is 3.77. The Bertz CT molecular complexity index is 1870. The van der Waals surface area contributed by atoms with Crippen LogP contribution >= 0.6 is 0 Å². The maximum absolute atomic E-state index is 13.0. The van der Waals surface area contributed by atoms with Crippen molar-refractivity contribution in [1.29, 1.82) is 0 Å². The number of amides is 1. The number of pyridine rings is 1. The van der Waals surface area contributed by atoms with Crippen LogP contribution in [-0.4, -0.2) is 54.4 Å². The van der Waals surface area contributed by atoms with E-state index in [0.717, 1.165) is 30.0 Å². The van der Waals surface area contributed by atoms with Crippen LogP contribution in [0.15, 0.2) is 80.7 Å². The summed E-state index contributed by atoms with van der Waals surface area (Å²) in [5, 5.41) is 10.9. The summed E-state index contributed by atoms with van der Waals surface area (Å²) in [4.78, 5) is 39.9. The van der Waals surface area contributed by atoms with Crippen LogP contribution in [0.2, 0.25) is 0 Å². The summed E-state index contributed by atoms with van der Waals surface area (Å²) >= 11 is 0. The number of nitrogens with zero attached hydrogens (tertiary/aromatic N) is 2. The van der Waals surface area contributed by atoms with Gasteiger partial charge in [0, 0.05) is 56.2 Å². The fraction of sp³-hybridized carbons (Fsp3) is 0.361. The SMILES string of the molecule is COc1ccc(CCOc2ccc(C(CC(N)=O)c3oc(CN4CC5CC(C4)c4cccc(=O)n4C5)cc(=O)c3O)cc2OC)cc1. The molecule has 2 aromatic carbocycles. The standard InChI is InChI=1S/C36H39N3O8/c1-44-26-9-6-22(7-10-26)12-13-46-31-11-8-24(15-32(31)45-2)28(17-33(37)41)36-35(43)30(40)16-27(47-36)21-38-18-23-14-25(20-38)29-4-3-5-34(42)39(29)19-23/h3-11,15-16,23,25,28,43H,12-14,17-21H2,1-2H3,(H2,37,41). The van der Waals surface area contributed by atoms with Crippen LogP contribution in [0.3, 0.4) is 0 Å². The third kappa shape index (κ3) is 7.05. The minimum absolute atomic E-state index is 0.0186. The highest BCUT2D eigenvalue weighted by Gasteiger charge is 2.35. The average molecular weight is 642 g/mol. The van der Waals surface area contributed by atoms with Crippen LogP contribution in [0.4, 0.5) is 0 Å². The number of primary amides is 1. The summed E-state index contributed by atoms with van der Waals surface area (Å²) in [6, 6.07) is 19.6. The van der Waals surface area contributed by atoms with Crippen LogP contribution in [0.5, 0.6) is 23.0 Å². The van der Waals surface area contributed by atoms with E-state index in [1.807, 2.05) is 34.9 Å². The molecule has 11 heteroatoms. The minimum atomic E-state index is -0.845. The van der Waals surface area contributed by atoms with Crippen molar-refractivity contribution in [3.63, 3.8) is 0 Å². The van der Waals surface area contributed by atoms with E-state index in [0.29, 0.717) is 55.5 Å². The number of aromatic hydroxyl groups is 1. The number of likely N-dealkylation sites (tertiary alicyclic amines) is 1. The van der Waals surface area contributed by atoms with Gasteiger partial charge in [-0.25, -0.2) is 0 Å². The molecule has 1 fully saturated rings. The lowest BCUT2D eigenvalue weighted by Crippen LogP contribution is -2.46. The number of carbonyl (C=O) groups excluding carboxylic acids is 1. The first-order valence-electron chi connectivity index (χ1n) is 15.7. The van der Waals surface area contributed by atoms with Gasteiger partial charge in [0.05, 0.1) is 33.3 Å². The van der Waals surface area contributed by atoms with Crippen molar-refractivity contribution in [3.05, 3.63) is 116 Å². The lowest BCUT2D eigenvalue weighted by molar-refractivity contribution is -0.118. The largest absolute Gasteiger partial charge is 0.502 e. The molecule has 246 valence electrons. The molecule has 2 aliphatic heterocycles. The Morgan fingerprint density at radius 3 is 2.55 bits per heavy atom. The van der Waals surface area contributed by atoms with Crippen LogP contribution in [0.25, 0.3) is 0 Å². The van der Waals surface area contributed by atoms with E-state index >= 15 is 0 Å². The predicted molar refractivity (Wildman–Crippen MR) is 174 cm³/mol. The Labute approximate surface area is 272 Å². The van der Waals surface area contributed by atoms with Gasteiger partial charge in [0.1, 0.15) is 11.5 Å². The van der Waals surface area contributed by atoms with Gasteiger partial charge in [-0.1, -0.05) is 24.3 Å². The third-order valence-electron chi connectivity index (χ3n) is 9.05. The quantitative estimate of drug-likeness (QED) is 0.236. The Morgan fingerprint density at radius 1 is 1.00 bits per heavy atom. The monoisotopic (exact) mass is 641 g/mol. The Kier molecular flexibility index (Phi) is 9.35. The molecule has 4 heterocycles. The van der Waals surface area contributed by atoms with Gasteiger partial charge in [-0.2, -0.15) is 0 Å². The van der Waals surface area contributed by atoms with Crippen molar-refractivity contribution in [1.82, 2.24) is 9.47 Å². The highest BCUT2D eigenvalue weighted by atomic mass is 16.5. The number of hydrogen-bond donors (Lipinski definition) is 2. The van der Waals surface area contributed by atoms with Gasteiger partial charge in [-0.15, -0.1) is 0 Å². The van der Waals surface area contributed by atoms with Crippen molar-refractivity contribution in [3.8, 4) is 23.0 Å². The fourth-order valence-corrected chi connectivity index (χ4v) is 6.87. The van der Waals surface area contributed by atoms with E-state index in [2.05, 4.69) is 4.90 Å². The van der Waals surface area contributed by atoms with Gasteiger partial charge in [-0.05, 0) is 53.8 Å². The summed E-state index contributed by atoms with van der Waals surface area (Å²) < 4.78 is 24.9. The van der Waals surface area contributed by atoms with Gasteiger partial charge < -0.3 is 34.0 Å². The number of rotatable bonds is 12. The zero-order chi connectivity index (χ0) is 33.1. The topological polar surface area (TPSA) is 146 Å². The number of hydrogen-bond acceptors (Lipinski definition) is 9. The Balaban J connectivity index is 1.22. The zero-order valence-corrected chi connectivity index (χ0v) is 26.5. The number of benzene rings is 2. The molecule has 1 saturated heterocycles. The van der Waals surface area contributed by atoms with Crippen molar-refractivity contribution in [2.45, 2.75) is 44.2 Å². The summed E-state index contributed by atoms with van der Waals surface area (Å²) in [6.45, 7) is 2.81. The van der Waals surface area contributed by atoms with Gasteiger partial charge in [0.2, 0.25) is 17.1 Å². The number of piperidine rings is 1. The molecule has 2 bridgehead atoms. The minimum Gasteiger partial charge on any atom is -0.502 e. The van der Waals surface area contributed by atoms with E-state index in [1.165, 1.54) is 13.2 Å². The molecule has 0 aliphatic carbocycles. The van der Waals surface area contributed by atoms with Crippen LogP contribution < -0.4 is 30.9 Å². The zero-order valence-electron chi connectivity index (χ0n) is 26.5. The van der Waals surface area contributed by atoms with Crippen LogP contribution in [0.1, 0.15) is 53.0 Å². The van der Waals surface area contributed by atoms with E-state index < -0.39 is 23.0 Å². The number of nitrogens with two attached hydrogens (primary N) is 1. The third-order valence-corrected chi connectivity index (χ3v) is 9.05. The van der Waals surface area contributed by atoms with Crippen LogP contribution in [-0.2, 0) is 24.3 Å². The molecule has 3 unspecified atom stereocenters. The Morgan fingerprint density at radius 2 is 1.81 bits per heavy atom. The lowest BCUT2D eigenvalue weighted by Gasteiger charge is -2.42. The molecule has 2 aromatic heterocycles. The fourth-order valence-electron chi connectivity index (χ4n) is 6.87. The molecule has 3 N–H and O–H groups in total. The first-order valence-corrected chi connectivity index (χ1v) is 15.7. The maximum atomic E-state index is 13.0. The number of fused-ring (bicyclic) bond motifs is 4. The summed E-state index contributed by atoms with van der Waals surface area (Å²) in [5.41, 5.74) is 7.74. The van der Waals surface area contributed by atoms with Crippen molar-refractivity contribution < 1.29 is 28.5 Å². The molecule has 0 spiro atoms. The summed E-state index contributed by atoms with van der Waals surface area (Å²) in [7, 11) is 3.14. The number of carbonyl (C=O) groups is 1. The molecule has 47 heavy (non-hydrogen) atoms. The summed E-state index contributed by atoms with van der Waals surface area (Å²) in [5.74, 6) is 0.477. The van der Waals surface area contributed by atoms with Gasteiger partial charge >= 0.3 is 0 Å². The molecular weight excluding hydrogens is 602 g/mol. The van der Waals surface area contributed by atoms with Gasteiger partial charge in [0.15, 0.2) is 17.3 Å². The van der Waals surface area contributed by atoms with E-state index in [1.54, 1.807) is 37.4 Å². The molecule has 11 nitrogen and oxygen atoms in total. The molecule has 3 atom stereocenters. The van der Waals surface area contributed by atoms with E-state index in [9.17, 15) is 19.5 Å². The first-order chi connectivity index (χ1) is 22.7. The second-order valence-electron chi connectivity index (χ2n) is 12.3. The number of ether oxygens (including phenoxy) is 3. The second-order valence-corrected chi connectivity index (χ2v) is 12.3. The van der Waals surface area contributed by atoms with Gasteiger partial charge in [0.25, 0.3) is 5.56 Å². The Hall–Kier alpha value is -5.03. The van der Waals surface area contributed by atoms with Crippen LogP contribution in [0, 0.1) is 5.92 Å². The molecule has 4 aromatic rings.